The van der Waals surface area contributed by atoms with E-state index in [2.05, 4.69) is 43.1 Å². The number of carbonyl (C=O) groups is 1. The number of carbonyl (C=O) groups excluding carboxylic acids is 1. The SMILES string of the molecule is CCc1cc2ncc(C(C)N3CCN(c4ccc(C(=O)NC5CC5)nc4)CC3)cc2[nH]c1=O. The van der Waals surface area contributed by atoms with Crippen molar-refractivity contribution in [1.29, 1.82) is 0 Å². The van der Waals surface area contributed by atoms with Crippen LogP contribution < -0.4 is 15.8 Å². The van der Waals surface area contributed by atoms with Crippen molar-refractivity contribution in [2.24, 2.45) is 0 Å². The van der Waals surface area contributed by atoms with Gasteiger partial charge >= 0.3 is 0 Å². The summed E-state index contributed by atoms with van der Waals surface area (Å²) in [7, 11) is 0. The zero-order valence-corrected chi connectivity index (χ0v) is 19.2. The van der Waals surface area contributed by atoms with E-state index in [0.29, 0.717) is 18.2 Å². The minimum atomic E-state index is -0.0843. The van der Waals surface area contributed by atoms with E-state index < -0.39 is 0 Å². The Labute approximate surface area is 193 Å². The number of hydrogen-bond donors (Lipinski definition) is 2. The van der Waals surface area contributed by atoms with Crippen LogP contribution in [0.15, 0.2) is 41.5 Å². The smallest absolute Gasteiger partial charge is 0.270 e. The maximum absolute atomic E-state index is 12.2. The molecule has 2 aliphatic rings. The van der Waals surface area contributed by atoms with Crippen LogP contribution in [0.2, 0.25) is 0 Å². The molecule has 1 aliphatic heterocycles. The molecule has 1 saturated heterocycles. The highest BCUT2D eigenvalue weighted by molar-refractivity contribution is 5.92. The maximum atomic E-state index is 12.2. The molecule has 1 aliphatic carbocycles. The standard InChI is InChI=1S/C25H30N6O2/c1-3-17-12-22-23(29-24(17)32)13-18(14-26-22)16(2)30-8-10-31(11-9-30)20-6-7-21(27-15-20)25(33)28-19-4-5-19/h6-7,12-16,19H,3-5,8-11H2,1-2H3,(H,28,33)(H,29,32). The number of aromatic amines is 1. The van der Waals surface area contributed by atoms with Crippen molar-refractivity contribution < 1.29 is 4.79 Å². The second-order valence-corrected chi connectivity index (χ2v) is 9.03. The molecule has 0 bridgehead atoms. The molecule has 5 rings (SSSR count). The third-order valence-electron chi connectivity index (χ3n) is 6.77. The molecule has 1 atom stereocenters. The largest absolute Gasteiger partial charge is 0.368 e. The number of aryl methyl sites for hydroxylation is 1. The fourth-order valence-electron chi connectivity index (χ4n) is 4.40. The van der Waals surface area contributed by atoms with E-state index in [1.807, 2.05) is 31.3 Å². The quantitative estimate of drug-likeness (QED) is 0.605. The molecule has 0 radical (unpaired) electrons. The molecular weight excluding hydrogens is 416 g/mol. The first-order valence-corrected chi connectivity index (χ1v) is 11.8. The fraction of sp³-hybridized carbons (Fsp3) is 0.440. The summed E-state index contributed by atoms with van der Waals surface area (Å²) < 4.78 is 0. The number of rotatable bonds is 6. The monoisotopic (exact) mass is 446 g/mol. The number of hydrogen-bond acceptors (Lipinski definition) is 6. The minimum Gasteiger partial charge on any atom is -0.368 e. The first-order valence-electron chi connectivity index (χ1n) is 11.8. The van der Waals surface area contributed by atoms with Crippen molar-refractivity contribution in [2.45, 2.75) is 45.2 Å². The van der Waals surface area contributed by atoms with Gasteiger partial charge in [-0.1, -0.05) is 6.92 Å². The number of amides is 1. The van der Waals surface area contributed by atoms with Gasteiger partial charge in [-0.05, 0) is 56.0 Å². The van der Waals surface area contributed by atoms with Crippen LogP contribution in [-0.4, -0.2) is 58.0 Å². The van der Waals surface area contributed by atoms with Gasteiger partial charge in [0.25, 0.3) is 11.5 Å². The highest BCUT2D eigenvalue weighted by atomic mass is 16.2. The molecule has 33 heavy (non-hydrogen) atoms. The topological polar surface area (TPSA) is 94.2 Å². The number of aromatic nitrogens is 3. The first kappa shape index (κ1) is 21.6. The highest BCUT2D eigenvalue weighted by Gasteiger charge is 2.25. The van der Waals surface area contributed by atoms with E-state index in [0.717, 1.165) is 66.9 Å². The van der Waals surface area contributed by atoms with Crippen molar-refractivity contribution in [3.63, 3.8) is 0 Å². The number of anilines is 1. The molecule has 4 heterocycles. The second kappa shape index (κ2) is 8.94. The Hall–Kier alpha value is -3.26. The van der Waals surface area contributed by atoms with Gasteiger partial charge in [0, 0.05) is 50.0 Å². The van der Waals surface area contributed by atoms with Gasteiger partial charge in [-0.15, -0.1) is 0 Å². The van der Waals surface area contributed by atoms with Crippen LogP contribution in [0, 0.1) is 0 Å². The summed E-state index contributed by atoms with van der Waals surface area (Å²) in [4.78, 5) is 41.1. The van der Waals surface area contributed by atoms with Crippen molar-refractivity contribution in [2.75, 3.05) is 31.1 Å². The number of nitrogens with zero attached hydrogens (tertiary/aromatic N) is 4. The van der Waals surface area contributed by atoms with Crippen molar-refractivity contribution in [1.82, 2.24) is 25.2 Å². The lowest BCUT2D eigenvalue weighted by Crippen LogP contribution is -2.47. The zero-order chi connectivity index (χ0) is 22.9. The Morgan fingerprint density at radius 1 is 1.15 bits per heavy atom. The second-order valence-electron chi connectivity index (χ2n) is 9.03. The van der Waals surface area contributed by atoms with Crippen molar-refractivity contribution in [3.8, 4) is 0 Å². The van der Waals surface area contributed by atoms with Crippen LogP contribution in [0.4, 0.5) is 5.69 Å². The average molecular weight is 447 g/mol. The van der Waals surface area contributed by atoms with Gasteiger partial charge in [0.1, 0.15) is 5.69 Å². The zero-order valence-electron chi connectivity index (χ0n) is 19.2. The molecule has 172 valence electrons. The molecule has 2 N–H and O–H groups in total. The summed E-state index contributed by atoms with van der Waals surface area (Å²) in [6.45, 7) is 7.76. The summed E-state index contributed by atoms with van der Waals surface area (Å²) in [6.07, 6.45) is 6.56. The van der Waals surface area contributed by atoms with E-state index in [1.54, 1.807) is 6.20 Å². The van der Waals surface area contributed by atoms with E-state index in [4.69, 9.17) is 0 Å². The third kappa shape index (κ3) is 4.61. The maximum Gasteiger partial charge on any atom is 0.270 e. The predicted molar refractivity (Wildman–Crippen MR) is 129 cm³/mol. The van der Waals surface area contributed by atoms with Crippen LogP contribution in [0.5, 0.6) is 0 Å². The van der Waals surface area contributed by atoms with Gasteiger partial charge in [-0.2, -0.15) is 0 Å². The number of nitrogens with one attached hydrogen (secondary N) is 2. The fourth-order valence-corrected chi connectivity index (χ4v) is 4.40. The van der Waals surface area contributed by atoms with Crippen LogP contribution in [0.3, 0.4) is 0 Å². The molecular formula is C25H30N6O2. The Kier molecular flexibility index (Phi) is 5.85. The van der Waals surface area contributed by atoms with Gasteiger partial charge in [0.15, 0.2) is 0 Å². The summed E-state index contributed by atoms with van der Waals surface area (Å²) in [5, 5.41) is 2.98. The van der Waals surface area contributed by atoms with Gasteiger partial charge < -0.3 is 15.2 Å². The van der Waals surface area contributed by atoms with Crippen LogP contribution >= 0.6 is 0 Å². The van der Waals surface area contributed by atoms with Crippen LogP contribution in [0.25, 0.3) is 11.0 Å². The molecule has 3 aromatic rings. The normalized spacial score (nSPS) is 17.8. The molecule has 0 aromatic carbocycles. The van der Waals surface area contributed by atoms with Crippen molar-refractivity contribution >= 4 is 22.6 Å². The summed E-state index contributed by atoms with van der Waals surface area (Å²) in [5.74, 6) is -0.0843. The van der Waals surface area contributed by atoms with Crippen molar-refractivity contribution in [3.05, 3.63) is 63.8 Å². The lowest BCUT2D eigenvalue weighted by Gasteiger charge is -2.39. The summed E-state index contributed by atoms with van der Waals surface area (Å²) in [5.41, 5.74) is 4.97. The predicted octanol–water partition coefficient (Wildman–Crippen LogP) is 2.66. The number of piperazine rings is 1. The number of H-pyrrole nitrogens is 1. The van der Waals surface area contributed by atoms with Gasteiger partial charge in [-0.3, -0.25) is 19.5 Å². The molecule has 1 amide bonds. The number of pyridine rings is 3. The Balaban J connectivity index is 1.22. The minimum absolute atomic E-state index is 0.0325. The van der Waals surface area contributed by atoms with E-state index in [9.17, 15) is 9.59 Å². The van der Waals surface area contributed by atoms with Crippen LogP contribution in [-0.2, 0) is 6.42 Å². The lowest BCUT2D eigenvalue weighted by molar-refractivity contribution is 0.0946. The van der Waals surface area contributed by atoms with Crippen LogP contribution in [0.1, 0.15) is 54.3 Å². The molecule has 8 heteroatoms. The molecule has 1 saturated carbocycles. The average Bonchev–Trinajstić information content (AvgIpc) is 3.67. The first-order chi connectivity index (χ1) is 16.0. The molecule has 0 spiro atoms. The Morgan fingerprint density at radius 2 is 1.94 bits per heavy atom. The molecule has 1 unspecified atom stereocenters. The Morgan fingerprint density at radius 3 is 2.61 bits per heavy atom. The van der Waals surface area contributed by atoms with E-state index >= 15 is 0 Å². The molecule has 2 fully saturated rings. The Bertz CT molecular complexity index is 1210. The molecule has 8 nitrogen and oxygen atoms in total. The van der Waals surface area contributed by atoms with Gasteiger partial charge in [-0.25, -0.2) is 4.98 Å². The number of fused-ring (bicyclic) bond motifs is 1. The van der Waals surface area contributed by atoms with E-state index in [-0.39, 0.29) is 17.5 Å². The highest BCUT2D eigenvalue weighted by Crippen LogP contribution is 2.25. The van der Waals surface area contributed by atoms with E-state index in [1.165, 1.54) is 0 Å². The van der Waals surface area contributed by atoms with Gasteiger partial charge in [0.2, 0.25) is 0 Å². The van der Waals surface area contributed by atoms with Gasteiger partial charge in [0.05, 0.1) is 22.9 Å². The molecule has 3 aromatic heterocycles. The summed E-state index contributed by atoms with van der Waals surface area (Å²) in [6, 6.07) is 8.27. The lowest BCUT2D eigenvalue weighted by atomic mass is 10.1. The third-order valence-corrected chi connectivity index (χ3v) is 6.77. The summed E-state index contributed by atoms with van der Waals surface area (Å²) >= 11 is 0.